The molecule has 0 amide bonds. The van der Waals surface area contributed by atoms with Crippen molar-refractivity contribution in [3.05, 3.63) is 65.7 Å². The lowest BCUT2D eigenvalue weighted by Crippen LogP contribution is -2.40. The lowest BCUT2D eigenvalue weighted by molar-refractivity contribution is -0.185. The van der Waals surface area contributed by atoms with Gasteiger partial charge >= 0.3 is 5.97 Å². The van der Waals surface area contributed by atoms with Crippen LogP contribution in [0, 0.1) is 0 Å². The summed E-state index contributed by atoms with van der Waals surface area (Å²) in [6.45, 7) is 1.47. The van der Waals surface area contributed by atoms with Gasteiger partial charge in [-0.15, -0.1) is 0 Å². The van der Waals surface area contributed by atoms with Crippen LogP contribution in [0.4, 0.5) is 0 Å². The Morgan fingerprint density at radius 2 is 1.75 bits per heavy atom. The highest BCUT2D eigenvalue weighted by molar-refractivity contribution is 5.92. The van der Waals surface area contributed by atoms with Gasteiger partial charge in [-0.1, -0.05) is 48.5 Å². The molecule has 2 unspecified atom stereocenters. The number of fused-ring (bicyclic) bond motifs is 1. The van der Waals surface area contributed by atoms with Gasteiger partial charge in [0.15, 0.2) is 6.29 Å². The van der Waals surface area contributed by atoms with Gasteiger partial charge in [-0.25, -0.2) is 4.79 Å². The van der Waals surface area contributed by atoms with Crippen LogP contribution in [0.1, 0.15) is 18.1 Å². The van der Waals surface area contributed by atoms with Crippen LogP contribution in [0.15, 0.2) is 54.6 Å². The van der Waals surface area contributed by atoms with E-state index in [-0.39, 0.29) is 0 Å². The number of aliphatic hydroxyl groups excluding tert-OH is 1. The lowest BCUT2D eigenvalue weighted by Gasteiger charge is -2.28. The van der Waals surface area contributed by atoms with Crippen LogP contribution in [-0.4, -0.2) is 17.4 Å². The van der Waals surface area contributed by atoms with E-state index in [1.807, 2.05) is 24.3 Å². The largest absolute Gasteiger partial charge is 0.423 e. The van der Waals surface area contributed by atoms with Crippen LogP contribution in [-0.2, 0) is 15.1 Å². The zero-order chi connectivity index (χ0) is 14.2. The maximum absolute atomic E-state index is 12.4. The Morgan fingerprint density at radius 3 is 2.45 bits per heavy atom. The molecule has 4 nitrogen and oxygen atoms in total. The first kappa shape index (κ1) is 12.8. The first-order valence-corrected chi connectivity index (χ1v) is 6.38. The average Bonchev–Trinajstić information content (AvgIpc) is 2.73. The Balaban J connectivity index is 2.24. The average molecular weight is 270 g/mol. The number of hydrogen-bond donors (Lipinski definition) is 1. The van der Waals surface area contributed by atoms with Crippen molar-refractivity contribution in [2.45, 2.75) is 18.8 Å². The highest BCUT2D eigenvalue weighted by Gasteiger charge is 2.52. The minimum Gasteiger partial charge on any atom is -0.423 e. The van der Waals surface area contributed by atoms with Gasteiger partial charge in [0.25, 0.3) is 0 Å². The Kier molecular flexibility index (Phi) is 3.04. The van der Waals surface area contributed by atoms with Crippen molar-refractivity contribution >= 4 is 5.97 Å². The first-order valence-electron chi connectivity index (χ1n) is 6.38. The van der Waals surface area contributed by atoms with Gasteiger partial charge in [0.05, 0.1) is 0 Å². The van der Waals surface area contributed by atoms with Gasteiger partial charge < -0.3 is 14.6 Å². The predicted molar refractivity (Wildman–Crippen MR) is 72.1 cm³/mol. The normalized spacial score (nSPS) is 22.2. The molecule has 0 fully saturated rings. The minimum atomic E-state index is -1.41. The van der Waals surface area contributed by atoms with Gasteiger partial charge in [0.2, 0.25) is 5.60 Å². The third-order valence-electron chi connectivity index (χ3n) is 3.28. The molecule has 102 valence electrons. The molecule has 1 heterocycles. The molecule has 20 heavy (non-hydrogen) atoms. The van der Waals surface area contributed by atoms with Crippen molar-refractivity contribution in [2.24, 2.45) is 0 Å². The Hall–Kier alpha value is -2.17. The number of hydrogen-bond acceptors (Lipinski definition) is 4. The fraction of sp³-hybridized carbons (Fsp3) is 0.188. The van der Waals surface area contributed by atoms with Crippen molar-refractivity contribution in [1.29, 1.82) is 0 Å². The van der Waals surface area contributed by atoms with E-state index in [4.69, 9.17) is 9.47 Å². The van der Waals surface area contributed by atoms with Gasteiger partial charge in [0, 0.05) is 5.56 Å². The molecule has 1 aliphatic heterocycles. The van der Waals surface area contributed by atoms with E-state index in [9.17, 15) is 9.90 Å². The molecule has 2 aromatic carbocycles. The molecule has 3 rings (SSSR count). The van der Waals surface area contributed by atoms with Crippen molar-refractivity contribution in [1.82, 2.24) is 0 Å². The second-order valence-electron chi connectivity index (χ2n) is 4.65. The molecular formula is C16H14O4. The number of carbonyl (C=O) groups excluding carboxylic acids is 1. The SMILES string of the molecule is CC(O)OC1(c2ccccc2)C(=O)Oc2ccccc21. The van der Waals surface area contributed by atoms with Crippen LogP contribution in [0.5, 0.6) is 5.75 Å². The number of carbonyl (C=O) groups is 1. The predicted octanol–water partition coefficient (Wildman–Crippen LogP) is 2.20. The van der Waals surface area contributed by atoms with E-state index in [1.165, 1.54) is 6.92 Å². The fourth-order valence-electron chi connectivity index (χ4n) is 2.51. The summed E-state index contributed by atoms with van der Waals surface area (Å²) in [4.78, 5) is 12.4. The molecule has 2 aromatic rings. The maximum atomic E-state index is 12.4. The van der Waals surface area contributed by atoms with E-state index in [0.29, 0.717) is 16.9 Å². The van der Waals surface area contributed by atoms with E-state index in [2.05, 4.69) is 0 Å². The fourth-order valence-corrected chi connectivity index (χ4v) is 2.51. The lowest BCUT2D eigenvalue weighted by atomic mass is 9.87. The van der Waals surface area contributed by atoms with Crippen molar-refractivity contribution < 1.29 is 19.4 Å². The van der Waals surface area contributed by atoms with Crippen LogP contribution >= 0.6 is 0 Å². The second kappa shape index (κ2) is 4.74. The van der Waals surface area contributed by atoms with E-state index in [0.717, 1.165) is 0 Å². The summed E-state index contributed by atoms with van der Waals surface area (Å²) in [5, 5.41) is 9.65. The molecule has 1 N–H and O–H groups in total. The molecule has 0 saturated carbocycles. The van der Waals surface area contributed by atoms with Crippen molar-refractivity contribution in [3.63, 3.8) is 0 Å². The first-order chi connectivity index (χ1) is 9.64. The number of benzene rings is 2. The molecule has 2 atom stereocenters. The minimum absolute atomic E-state index is 0.460. The standard InChI is InChI=1S/C16H14O4/c1-11(17)20-16(12-7-3-2-4-8-12)13-9-5-6-10-14(13)19-15(16)18/h2-11,17H,1H3. The topological polar surface area (TPSA) is 55.8 Å². The zero-order valence-corrected chi connectivity index (χ0v) is 10.9. The van der Waals surface area contributed by atoms with E-state index >= 15 is 0 Å². The number of esters is 1. The highest BCUT2D eigenvalue weighted by Crippen LogP contribution is 2.45. The molecule has 0 spiro atoms. The molecule has 0 saturated heterocycles. The van der Waals surface area contributed by atoms with Crippen molar-refractivity contribution in [2.75, 3.05) is 0 Å². The Morgan fingerprint density at radius 1 is 1.10 bits per heavy atom. The van der Waals surface area contributed by atoms with Gasteiger partial charge in [0.1, 0.15) is 5.75 Å². The van der Waals surface area contributed by atoms with E-state index in [1.54, 1.807) is 30.3 Å². The summed E-state index contributed by atoms with van der Waals surface area (Å²) < 4.78 is 10.9. The zero-order valence-electron chi connectivity index (χ0n) is 10.9. The molecule has 0 radical (unpaired) electrons. The highest BCUT2D eigenvalue weighted by atomic mass is 16.7. The molecule has 4 heteroatoms. The van der Waals surface area contributed by atoms with Crippen LogP contribution in [0.3, 0.4) is 0 Å². The number of para-hydroxylation sites is 1. The van der Waals surface area contributed by atoms with Gasteiger partial charge in [-0.3, -0.25) is 0 Å². The van der Waals surface area contributed by atoms with E-state index < -0.39 is 17.9 Å². The molecule has 0 bridgehead atoms. The van der Waals surface area contributed by atoms with Gasteiger partial charge in [-0.2, -0.15) is 0 Å². The third-order valence-corrected chi connectivity index (χ3v) is 3.28. The maximum Gasteiger partial charge on any atom is 0.353 e. The second-order valence-corrected chi connectivity index (χ2v) is 4.65. The van der Waals surface area contributed by atoms with Crippen molar-refractivity contribution in [3.8, 4) is 5.75 Å². The third kappa shape index (κ3) is 1.81. The summed E-state index contributed by atoms with van der Waals surface area (Å²) in [5.41, 5.74) is -0.167. The monoisotopic (exact) mass is 270 g/mol. The number of rotatable bonds is 3. The summed E-state index contributed by atoms with van der Waals surface area (Å²) in [6.07, 6.45) is -1.10. The number of ether oxygens (including phenoxy) is 2. The van der Waals surface area contributed by atoms with Crippen LogP contribution < -0.4 is 4.74 Å². The quantitative estimate of drug-likeness (QED) is 0.528. The number of aliphatic hydroxyl groups is 1. The van der Waals surface area contributed by atoms with Crippen LogP contribution in [0.25, 0.3) is 0 Å². The Labute approximate surface area is 116 Å². The summed E-state index contributed by atoms with van der Waals surface area (Å²) >= 11 is 0. The smallest absolute Gasteiger partial charge is 0.353 e. The van der Waals surface area contributed by atoms with Gasteiger partial charge in [-0.05, 0) is 18.6 Å². The summed E-state index contributed by atoms with van der Waals surface area (Å²) in [5.74, 6) is -0.0761. The molecular weight excluding hydrogens is 256 g/mol. The Bertz CT molecular complexity index is 636. The van der Waals surface area contributed by atoms with Crippen LogP contribution in [0.2, 0.25) is 0 Å². The molecule has 0 aromatic heterocycles. The molecule has 1 aliphatic rings. The molecule has 0 aliphatic carbocycles. The summed E-state index contributed by atoms with van der Waals surface area (Å²) in [7, 11) is 0. The summed E-state index contributed by atoms with van der Waals surface area (Å²) in [6, 6.07) is 16.1.